The van der Waals surface area contributed by atoms with Crippen LogP contribution in [0, 0.1) is 0 Å². The monoisotopic (exact) mass is 1290 g/mol. The maximum absolute atomic E-state index is 3.83. The molecule has 0 aliphatic heterocycles. The van der Waals surface area contributed by atoms with Gasteiger partial charge >= 0.3 is 0 Å². The fourth-order valence-corrected chi connectivity index (χ4v) is 15.6. The first-order valence-electron chi connectivity index (χ1n) is 45.5. The van der Waals surface area contributed by atoms with Gasteiger partial charge in [-0.1, -0.05) is 572 Å². The third-order valence-corrected chi connectivity index (χ3v) is 22.3. The van der Waals surface area contributed by atoms with Crippen LogP contribution in [0.5, 0.6) is 0 Å². The summed E-state index contributed by atoms with van der Waals surface area (Å²) < 4.78 is 0. The molecule has 0 unspecified atom stereocenters. The van der Waals surface area contributed by atoms with E-state index in [1.54, 1.807) is 0 Å². The van der Waals surface area contributed by atoms with Crippen LogP contribution in [0.3, 0.4) is 0 Å². The Hall–Kier alpha value is -0.260. The van der Waals surface area contributed by atoms with Gasteiger partial charge in [-0.15, -0.1) is 6.58 Å². The summed E-state index contributed by atoms with van der Waals surface area (Å²) in [6.07, 6.45) is 134. The average Bonchev–Trinajstić information content (AvgIpc) is 3.57. The Bertz CT molecular complexity index is 1200. The molecular formula is C92H184. The second-order valence-corrected chi connectivity index (χ2v) is 31.8. The Kier molecular flexibility index (Phi) is 90.5. The van der Waals surface area contributed by atoms with Gasteiger partial charge < -0.3 is 0 Å². The highest BCUT2D eigenvalue weighted by atomic mass is 14.1. The first-order chi connectivity index (χ1) is 45.9. The Morgan fingerprint density at radius 2 is 0.174 bits per heavy atom. The van der Waals surface area contributed by atoms with Crippen molar-refractivity contribution in [1.29, 1.82) is 0 Å². The summed E-state index contributed by atoms with van der Waals surface area (Å²) in [5, 5.41) is 0. The van der Waals surface area contributed by atoms with Crippen molar-refractivity contribution in [3.05, 3.63) is 12.7 Å². The van der Waals surface area contributed by atoms with E-state index in [2.05, 4.69) is 19.6 Å². The van der Waals surface area contributed by atoms with Crippen molar-refractivity contribution in [1.82, 2.24) is 0 Å². The third kappa shape index (κ3) is 89.7. The van der Waals surface area contributed by atoms with Gasteiger partial charge in [-0.2, -0.15) is 0 Å². The van der Waals surface area contributed by atoms with Crippen LogP contribution in [-0.4, -0.2) is 0 Å². The Morgan fingerprint density at radius 3 is 0.239 bits per heavy atom. The molecule has 0 heterocycles. The maximum atomic E-state index is 3.83. The summed E-state index contributed by atoms with van der Waals surface area (Å²) in [6.45, 7) is 6.14. The summed E-state index contributed by atoms with van der Waals surface area (Å²) in [7, 11) is 0. The van der Waals surface area contributed by atoms with Gasteiger partial charge in [0.2, 0.25) is 0 Å². The smallest absolute Gasteiger partial charge is 0.0353 e. The van der Waals surface area contributed by atoms with Gasteiger partial charge in [0, 0.05) is 0 Å². The van der Waals surface area contributed by atoms with Crippen molar-refractivity contribution in [2.75, 3.05) is 0 Å². The van der Waals surface area contributed by atoms with Crippen molar-refractivity contribution >= 4 is 0 Å². The third-order valence-electron chi connectivity index (χ3n) is 22.3. The molecule has 0 fully saturated rings. The molecule has 0 rings (SSSR count). The largest absolute Gasteiger partial charge is 0.103 e. The molecule has 92 heavy (non-hydrogen) atoms. The molecule has 0 saturated heterocycles. The van der Waals surface area contributed by atoms with Crippen LogP contribution < -0.4 is 0 Å². The summed E-state index contributed by atoms with van der Waals surface area (Å²) >= 11 is 0. The van der Waals surface area contributed by atoms with Crippen LogP contribution in [0.15, 0.2) is 12.7 Å². The quantitative estimate of drug-likeness (QED) is 0.0421. The summed E-state index contributed by atoms with van der Waals surface area (Å²) in [5.41, 5.74) is 0. The van der Waals surface area contributed by atoms with E-state index in [1.807, 2.05) is 0 Å². The van der Waals surface area contributed by atoms with E-state index in [4.69, 9.17) is 0 Å². The van der Waals surface area contributed by atoms with Gasteiger partial charge in [0.25, 0.3) is 0 Å². The van der Waals surface area contributed by atoms with E-state index in [0.717, 1.165) is 0 Å². The lowest BCUT2D eigenvalue weighted by Gasteiger charge is -2.05. The zero-order valence-corrected chi connectivity index (χ0v) is 65.2. The van der Waals surface area contributed by atoms with E-state index in [0.29, 0.717) is 0 Å². The van der Waals surface area contributed by atoms with E-state index in [-0.39, 0.29) is 0 Å². The Balaban J connectivity index is 3.09. The fraction of sp³-hybridized carbons (Fsp3) is 0.978. The number of hydrogen-bond acceptors (Lipinski definition) is 0. The van der Waals surface area contributed by atoms with E-state index in [1.165, 1.54) is 571 Å². The van der Waals surface area contributed by atoms with Crippen molar-refractivity contribution < 1.29 is 0 Å². The summed E-state index contributed by atoms with van der Waals surface area (Å²) in [5.74, 6) is 0. The average molecular weight is 1290 g/mol. The van der Waals surface area contributed by atoms with Gasteiger partial charge in [-0.25, -0.2) is 0 Å². The van der Waals surface area contributed by atoms with Gasteiger partial charge in [-0.3, -0.25) is 0 Å². The highest BCUT2D eigenvalue weighted by Crippen LogP contribution is 2.23. The molecule has 0 aromatic rings. The standard InChI is InChI=1S/C92H184/c1-3-5-7-9-11-13-15-17-19-21-23-25-27-29-31-33-35-37-39-41-43-45-47-49-51-53-55-57-59-61-63-65-67-69-71-73-75-77-79-81-83-85-87-89-91-92-90-88-86-84-82-80-78-76-74-72-70-68-66-64-62-60-58-56-54-52-50-48-46-44-42-40-38-36-34-32-30-28-26-24-22-20-18-16-14-12-10-8-6-4-2/h3H,1,4-92H2,2H3. The molecule has 0 nitrogen and oxygen atoms in total. The SMILES string of the molecule is C=CCCCCCCCCCCCCCCCCCCCCCCCCCCCCCCCCCCCCCCCCCCCCCCCCCCCCCCCCCCCCCCCCCCCCCCCCCCCCCCCCCCCCCCCCCC. The molecule has 0 aromatic carbocycles. The predicted octanol–water partition coefficient (Wildman–Crippen LogP) is 35.9. The molecule has 0 amide bonds. The molecular weight excluding hydrogens is 1110 g/mol. The maximum Gasteiger partial charge on any atom is -0.0353 e. The normalized spacial score (nSPS) is 11.8. The number of unbranched alkanes of at least 4 members (excludes halogenated alkanes) is 88. The van der Waals surface area contributed by atoms with Gasteiger partial charge in [0.1, 0.15) is 0 Å². The van der Waals surface area contributed by atoms with Crippen molar-refractivity contribution in [2.24, 2.45) is 0 Å². The van der Waals surface area contributed by atoms with Gasteiger partial charge in [0.05, 0.1) is 0 Å². The minimum atomic E-state index is 1.21. The highest BCUT2D eigenvalue weighted by Gasteiger charge is 2.03. The highest BCUT2D eigenvalue weighted by molar-refractivity contribution is 4.65. The molecule has 0 saturated carbocycles. The second kappa shape index (κ2) is 90.7. The minimum Gasteiger partial charge on any atom is -0.103 e. The fourth-order valence-electron chi connectivity index (χ4n) is 15.6. The minimum absolute atomic E-state index is 1.21. The molecule has 0 N–H and O–H groups in total. The van der Waals surface area contributed by atoms with Crippen LogP contribution in [-0.2, 0) is 0 Å². The molecule has 0 spiro atoms. The first kappa shape index (κ1) is 91.7. The summed E-state index contributed by atoms with van der Waals surface area (Å²) in [6, 6.07) is 0. The van der Waals surface area contributed by atoms with Gasteiger partial charge in [0.15, 0.2) is 0 Å². The Labute approximate surface area is 587 Å². The van der Waals surface area contributed by atoms with Crippen LogP contribution >= 0.6 is 0 Å². The van der Waals surface area contributed by atoms with E-state index < -0.39 is 0 Å². The Morgan fingerprint density at radius 1 is 0.109 bits per heavy atom. The van der Waals surface area contributed by atoms with Crippen molar-refractivity contribution in [3.8, 4) is 0 Å². The first-order valence-corrected chi connectivity index (χ1v) is 45.5. The molecule has 552 valence electrons. The zero-order valence-electron chi connectivity index (χ0n) is 65.2. The number of rotatable bonds is 89. The molecule has 0 aromatic heterocycles. The topological polar surface area (TPSA) is 0 Å². The molecule has 0 aliphatic rings. The van der Waals surface area contributed by atoms with Crippen molar-refractivity contribution in [3.63, 3.8) is 0 Å². The van der Waals surface area contributed by atoms with Crippen LogP contribution in [0.4, 0.5) is 0 Å². The molecule has 0 bridgehead atoms. The van der Waals surface area contributed by atoms with E-state index in [9.17, 15) is 0 Å². The molecule has 0 radical (unpaired) electrons. The number of allylic oxidation sites excluding steroid dienone is 1. The van der Waals surface area contributed by atoms with Gasteiger partial charge in [-0.05, 0) is 12.8 Å². The molecule has 0 atom stereocenters. The van der Waals surface area contributed by atoms with Crippen LogP contribution in [0.1, 0.15) is 578 Å². The van der Waals surface area contributed by atoms with E-state index >= 15 is 0 Å². The predicted molar refractivity (Wildman–Crippen MR) is 427 cm³/mol. The van der Waals surface area contributed by atoms with Crippen LogP contribution in [0.25, 0.3) is 0 Å². The van der Waals surface area contributed by atoms with Crippen LogP contribution in [0.2, 0.25) is 0 Å². The lowest BCUT2D eigenvalue weighted by Crippen LogP contribution is -1.85. The second-order valence-electron chi connectivity index (χ2n) is 31.8. The lowest BCUT2D eigenvalue weighted by atomic mass is 10.0. The summed E-state index contributed by atoms with van der Waals surface area (Å²) in [4.78, 5) is 0. The zero-order chi connectivity index (χ0) is 65.6. The molecule has 0 heteroatoms. The number of hydrogen-bond donors (Lipinski definition) is 0. The molecule has 0 aliphatic carbocycles. The lowest BCUT2D eigenvalue weighted by molar-refractivity contribution is 0.505. The van der Waals surface area contributed by atoms with Crippen molar-refractivity contribution in [2.45, 2.75) is 578 Å².